The number of hydrogen-bond acceptors (Lipinski definition) is 1. The molecule has 0 fully saturated rings. The van der Waals surface area contributed by atoms with E-state index < -0.39 is 0 Å². The van der Waals surface area contributed by atoms with Gasteiger partial charge in [-0.15, -0.1) is 0 Å². The molecule has 0 aliphatic heterocycles. The number of hydrogen-bond donors (Lipinski definition) is 0. The Morgan fingerprint density at radius 3 is 2.04 bits per heavy atom. The van der Waals surface area contributed by atoms with Crippen LogP contribution in [0.15, 0.2) is 60.7 Å². The van der Waals surface area contributed by atoms with Crippen LogP contribution in [-0.2, 0) is 0 Å². The van der Waals surface area contributed by atoms with Crippen molar-refractivity contribution in [2.24, 2.45) is 5.92 Å². The summed E-state index contributed by atoms with van der Waals surface area (Å²) >= 11 is 0. The molecule has 2 unspecified atom stereocenters. The van der Waals surface area contributed by atoms with E-state index in [1.165, 1.54) is 42.4 Å². The van der Waals surface area contributed by atoms with Crippen LogP contribution in [0.1, 0.15) is 44.1 Å². The van der Waals surface area contributed by atoms with Crippen LogP contribution in [0.2, 0.25) is 0 Å². The van der Waals surface area contributed by atoms with Gasteiger partial charge in [-0.1, -0.05) is 61.9 Å². The molecule has 0 aromatic heterocycles. The molecule has 1 nitrogen and oxygen atoms in total. The molecule has 0 saturated heterocycles. The van der Waals surface area contributed by atoms with Crippen molar-refractivity contribution in [3.8, 4) is 16.9 Å². The number of allylic oxidation sites excluding steroid dienone is 2. The predicted molar refractivity (Wildman–Crippen MR) is 97.9 cm³/mol. The summed E-state index contributed by atoms with van der Waals surface area (Å²) in [6.07, 6.45) is 10.1. The van der Waals surface area contributed by atoms with Gasteiger partial charge in [-0.2, -0.15) is 0 Å². The minimum atomic E-state index is 0.591. The first-order valence-electron chi connectivity index (χ1n) is 8.73. The SMILES string of the molecule is CCCC1C=CC(c2ccc(-c3ccc(OC)cc3)cc2)CC1. The first kappa shape index (κ1) is 15.9. The summed E-state index contributed by atoms with van der Waals surface area (Å²) in [5.41, 5.74) is 3.94. The molecule has 2 atom stereocenters. The molecule has 1 aliphatic carbocycles. The molecule has 3 rings (SSSR count). The molecule has 0 amide bonds. The molecule has 1 aliphatic rings. The lowest BCUT2D eigenvalue weighted by atomic mass is 9.82. The van der Waals surface area contributed by atoms with E-state index in [0.717, 1.165) is 11.7 Å². The van der Waals surface area contributed by atoms with E-state index in [0.29, 0.717) is 5.92 Å². The van der Waals surface area contributed by atoms with Gasteiger partial charge in [0, 0.05) is 5.92 Å². The summed E-state index contributed by atoms with van der Waals surface area (Å²) in [6.45, 7) is 2.28. The first-order valence-corrected chi connectivity index (χ1v) is 8.73. The van der Waals surface area contributed by atoms with E-state index in [1.54, 1.807) is 7.11 Å². The van der Waals surface area contributed by atoms with E-state index in [2.05, 4.69) is 55.5 Å². The van der Waals surface area contributed by atoms with Crippen molar-refractivity contribution in [2.45, 2.75) is 38.5 Å². The fraction of sp³-hybridized carbons (Fsp3) is 0.364. The summed E-state index contributed by atoms with van der Waals surface area (Å²) in [5, 5.41) is 0. The van der Waals surface area contributed by atoms with Crippen molar-refractivity contribution in [1.82, 2.24) is 0 Å². The number of rotatable bonds is 5. The van der Waals surface area contributed by atoms with Gasteiger partial charge in [0.15, 0.2) is 0 Å². The molecular weight excluding hydrogens is 280 g/mol. The smallest absolute Gasteiger partial charge is 0.118 e. The molecule has 0 spiro atoms. The Morgan fingerprint density at radius 1 is 0.870 bits per heavy atom. The lowest BCUT2D eigenvalue weighted by Crippen LogP contribution is -2.07. The Kier molecular flexibility index (Phi) is 5.17. The fourth-order valence-electron chi connectivity index (χ4n) is 3.47. The van der Waals surface area contributed by atoms with E-state index in [9.17, 15) is 0 Å². The van der Waals surface area contributed by atoms with Crippen LogP contribution in [0, 0.1) is 5.92 Å². The van der Waals surface area contributed by atoms with E-state index in [-0.39, 0.29) is 0 Å². The van der Waals surface area contributed by atoms with Gasteiger partial charge in [0.05, 0.1) is 7.11 Å². The molecule has 2 aromatic carbocycles. The summed E-state index contributed by atoms with van der Waals surface area (Å²) in [6, 6.07) is 17.3. The quantitative estimate of drug-likeness (QED) is 0.596. The van der Waals surface area contributed by atoms with Crippen molar-refractivity contribution in [2.75, 3.05) is 7.11 Å². The zero-order valence-electron chi connectivity index (χ0n) is 14.2. The van der Waals surface area contributed by atoms with Crippen molar-refractivity contribution < 1.29 is 4.74 Å². The second-order valence-corrected chi connectivity index (χ2v) is 6.47. The minimum Gasteiger partial charge on any atom is -0.497 e. The zero-order chi connectivity index (χ0) is 16.1. The Balaban J connectivity index is 1.71. The molecule has 0 N–H and O–H groups in total. The normalized spacial score (nSPS) is 20.4. The molecule has 0 bridgehead atoms. The van der Waals surface area contributed by atoms with Crippen molar-refractivity contribution in [3.05, 3.63) is 66.2 Å². The maximum Gasteiger partial charge on any atom is 0.118 e. The van der Waals surface area contributed by atoms with Gasteiger partial charge in [-0.3, -0.25) is 0 Å². The highest BCUT2D eigenvalue weighted by Gasteiger charge is 2.16. The number of methoxy groups -OCH3 is 1. The lowest BCUT2D eigenvalue weighted by molar-refractivity contribution is 0.415. The Labute approximate surface area is 140 Å². The van der Waals surface area contributed by atoms with Crippen LogP contribution in [-0.4, -0.2) is 7.11 Å². The van der Waals surface area contributed by atoms with E-state index in [4.69, 9.17) is 4.74 Å². The summed E-state index contributed by atoms with van der Waals surface area (Å²) in [5.74, 6) is 2.29. The van der Waals surface area contributed by atoms with Crippen LogP contribution in [0.5, 0.6) is 5.75 Å². The zero-order valence-corrected chi connectivity index (χ0v) is 14.2. The van der Waals surface area contributed by atoms with Crippen molar-refractivity contribution in [3.63, 3.8) is 0 Å². The third-order valence-corrected chi connectivity index (χ3v) is 4.89. The standard InChI is InChI=1S/C22H26O/c1-3-4-17-5-7-18(8-6-17)19-9-11-20(12-10-19)21-13-15-22(23-2)16-14-21/h5,7,9-18H,3-4,6,8H2,1-2H3. The third kappa shape index (κ3) is 3.85. The molecule has 1 heteroatoms. The third-order valence-electron chi connectivity index (χ3n) is 4.89. The summed E-state index contributed by atoms with van der Waals surface area (Å²) in [4.78, 5) is 0. The fourth-order valence-corrected chi connectivity index (χ4v) is 3.47. The molecule has 2 aromatic rings. The Bertz CT molecular complexity index is 637. The second kappa shape index (κ2) is 7.50. The van der Waals surface area contributed by atoms with Gasteiger partial charge in [0.2, 0.25) is 0 Å². The van der Waals surface area contributed by atoms with Crippen LogP contribution in [0.25, 0.3) is 11.1 Å². The topological polar surface area (TPSA) is 9.23 Å². The summed E-state index contributed by atoms with van der Waals surface area (Å²) < 4.78 is 5.22. The molecular formula is C22H26O. The predicted octanol–water partition coefficient (Wildman–Crippen LogP) is 6.21. The molecule has 0 heterocycles. The largest absolute Gasteiger partial charge is 0.497 e. The van der Waals surface area contributed by atoms with Gasteiger partial charge in [0.1, 0.15) is 5.75 Å². The Morgan fingerprint density at radius 2 is 1.52 bits per heavy atom. The van der Waals surface area contributed by atoms with Crippen molar-refractivity contribution >= 4 is 0 Å². The number of benzene rings is 2. The lowest BCUT2D eigenvalue weighted by Gasteiger charge is -2.23. The van der Waals surface area contributed by atoms with Crippen LogP contribution in [0.3, 0.4) is 0 Å². The highest BCUT2D eigenvalue weighted by molar-refractivity contribution is 5.64. The Hall–Kier alpha value is -2.02. The van der Waals surface area contributed by atoms with Gasteiger partial charge >= 0.3 is 0 Å². The van der Waals surface area contributed by atoms with Gasteiger partial charge in [-0.25, -0.2) is 0 Å². The van der Waals surface area contributed by atoms with E-state index in [1.807, 2.05) is 12.1 Å². The molecule has 120 valence electrons. The average Bonchev–Trinajstić information content (AvgIpc) is 2.63. The van der Waals surface area contributed by atoms with Gasteiger partial charge in [0.25, 0.3) is 0 Å². The highest BCUT2D eigenvalue weighted by Crippen LogP contribution is 2.33. The number of ether oxygens (including phenoxy) is 1. The van der Waals surface area contributed by atoms with E-state index >= 15 is 0 Å². The highest BCUT2D eigenvalue weighted by atomic mass is 16.5. The van der Waals surface area contributed by atoms with Crippen molar-refractivity contribution in [1.29, 1.82) is 0 Å². The minimum absolute atomic E-state index is 0.591. The average molecular weight is 306 g/mol. The molecule has 0 saturated carbocycles. The second-order valence-electron chi connectivity index (χ2n) is 6.47. The monoisotopic (exact) mass is 306 g/mol. The first-order chi connectivity index (χ1) is 11.3. The maximum absolute atomic E-state index is 5.22. The summed E-state index contributed by atoms with van der Waals surface area (Å²) in [7, 11) is 1.70. The molecule has 0 radical (unpaired) electrons. The van der Waals surface area contributed by atoms with Gasteiger partial charge < -0.3 is 4.74 Å². The molecule has 23 heavy (non-hydrogen) atoms. The van der Waals surface area contributed by atoms with Gasteiger partial charge in [-0.05, 0) is 54.0 Å². The van der Waals surface area contributed by atoms with Crippen LogP contribution < -0.4 is 4.74 Å². The maximum atomic E-state index is 5.22. The van der Waals surface area contributed by atoms with Crippen LogP contribution in [0.4, 0.5) is 0 Å². The van der Waals surface area contributed by atoms with Crippen LogP contribution >= 0.6 is 0 Å².